The Labute approximate surface area is 130 Å². The van der Waals surface area contributed by atoms with Gasteiger partial charge in [0.2, 0.25) is 0 Å². The van der Waals surface area contributed by atoms with Crippen molar-refractivity contribution in [1.82, 2.24) is 10.2 Å². The number of carbonyl (C=O) groups excluding carboxylic acids is 1. The maximum absolute atomic E-state index is 13.3. The monoisotopic (exact) mass is 354 g/mol. The van der Waals surface area contributed by atoms with Crippen LogP contribution in [0.5, 0.6) is 0 Å². The molecule has 0 aliphatic rings. The lowest BCUT2D eigenvalue weighted by atomic mass is 9.92. The van der Waals surface area contributed by atoms with Crippen LogP contribution in [0, 0.1) is 5.82 Å². The van der Waals surface area contributed by atoms with Crippen molar-refractivity contribution in [2.24, 2.45) is 0 Å². The molecule has 0 aliphatic heterocycles. The first-order valence-corrected chi connectivity index (χ1v) is 7.09. The molecule has 1 aromatic heterocycles. The zero-order valence-corrected chi connectivity index (χ0v) is 13.5. The molecule has 0 saturated heterocycles. The van der Waals surface area contributed by atoms with Gasteiger partial charge in [-0.15, -0.1) is 0 Å². The highest BCUT2D eigenvalue weighted by Crippen LogP contribution is 2.25. The molecule has 2 rings (SSSR count). The van der Waals surface area contributed by atoms with E-state index in [9.17, 15) is 9.18 Å². The fourth-order valence-corrected chi connectivity index (χ4v) is 2.19. The smallest absolute Gasteiger partial charge is 0.258 e. The highest BCUT2D eigenvalue weighted by atomic mass is 79.9. The zero-order valence-electron chi connectivity index (χ0n) is 11.9. The Morgan fingerprint density at radius 2 is 2.05 bits per heavy atom. The number of halogens is 2. The molecule has 4 N–H and O–H groups in total. The summed E-state index contributed by atoms with van der Waals surface area (Å²) < 4.78 is 13.6. The standard InChI is InChI=1S/C14H16BrFN4O/c1-14(2,3)11-6-12(20-19-11)18-13(21)7-4-10(17)9(16)5-8(7)15/h4-6H,17H2,1-3H3,(H2,18,19,20,21). The lowest BCUT2D eigenvalue weighted by Crippen LogP contribution is -2.14. The molecule has 0 atom stereocenters. The Morgan fingerprint density at radius 3 is 2.62 bits per heavy atom. The van der Waals surface area contributed by atoms with Gasteiger partial charge in [-0.3, -0.25) is 9.89 Å². The zero-order chi connectivity index (χ0) is 15.8. The predicted molar refractivity (Wildman–Crippen MR) is 83.8 cm³/mol. The van der Waals surface area contributed by atoms with Gasteiger partial charge in [-0.25, -0.2) is 4.39 Å². The van der Waals surface area contributed by atoms with E-state index in [0.29, 0.717) is 10.3 Å². The summed E-state index contributed by atoms with van der Waals surface area (Å²) in [5, 5.41) is 9.57. The molecule has 0 spiro atoms. The van der Waals surface area contributed by atoms with Gasteiger partial charge in [-0.2, -0.15) is 5.10 Å². The first-order chi connectivity index (χ1) is 9.68. The minimum Gasteiger partial charge on any atom is -0.396 e. The highest BCUT2D eigenvalue weighted by Gasteiger charge is 2.19. The normalized spacial score (nSPS) is 11.5. The minimum absolute atomic E-state index is 0.0826. The second-order valence-electron chi connectivity index (χ2n) is 5.72. The number of H-pyrrole nitrogens is 1. The number of nitrogen functional groups attached to an aromatic ring is 1. The third-order valence-electron chi connectivity index (χ3n) is 2.96. The van der Waals surface area contributed by atoms with Crippen molar-refractivity contribution in [1.29, 1.82) is 0 Å². The summed E-state index contributed by atoms with van der Waals surface area (Å²) in [6.45, 7) is 6.09. The van der Waals surface area contributed by atoms with Crippen LogP contribution in [0.3, 0.4) is 0 Å². The number of nitrogens with two attached hydrogens (primary N) is 1. The Bertz CT molecular complexity index is 691. The van der Waals surface area contributed by atoms with Gasteiger partial charge in [0.1, 0.15) is 5.82 Å². The summed E-state index contributed by atoms with van der Waals surface area (Å²) in [6.07, 6.45) is 0. The van der Waals surface area contributed by atoms with Crippen molar-refractivity contribution < 1.29 is 9.18 Å². The average Bonchev–Trinajstić information content (AvgIpc) is 2.82. The number of aromatic amines is 1. The van der Waals surface area contributed by atoms with Crippen LogP contribution >= 0.6 is 15.9 Å². The fourth-order valence-electron chi connectivity index (χ4n) is 1.69. The van der Waals surface area contributed by atoms with E-state index >= 15 is 0 Å². The summed E-state index contributed by atoms with van der Waals surface area (Å²) in [4.78, 5) is 12.2. The molecule has 0 unspecified atom stereocenters. The molecule has 112 valence electrons. The Balaban J connectivity index is 2.22. The summed E-state index contributed by atoms with van der Waals surface area (Å²) in [6, 6.07) is 4.21. The lowest BCUT2D eigenvalue weighted by molar-refractivity contribution is 0.102. The van der Waals surface area contributed by atoms with E-state index in [1.54, 1.807) is 6.07 Å². The van der Waals surface area contributed by atoms with Crippen molar-refractivity contribution in [3.05, 3.63) is 39.7 Å². The van der Waals surface area contributed by atoms with E-state index in [-0.39, 0.29) is 16.7 Å². The molecular formula is C14H16BrFN4O. The van der Waals surface area contributed by atoms with E-state index in [1.807, 2.05) is 20.8 Å². The SMILES string of the molecule is CC(C)(C)c1cc(NC(=O)c2cc(N)c(F)cc2Br)n[nH]1. The van der Waals surface area contributed by atoms with Crippen LogP contribution in [0.15, 0.2) is 22.7 Å². The molecule has 1 aromatic carbocycles. The average molecular weight is 355 g/mol. The van der Waals surface area contributed by atoms with Gasteiger partial charge in [0.15, 0.2) is 5.82 Å². The first kappa shape index (κ1) is 15.5. The number of benzene rings is 1. The van der Waals surface area contributed by atoms with Crippen molar-refractivity contribution in [3.63, 3.8) is 0 Å². The third-order valence-corrected chi connectivity index (χ3v) is 3.61. The molecule has 0 fully saturated rings. The molecule has 0 radical (unpaired) electrons. The molecule has 0 saturated carbocycles. The quantitative estimate of drug-likeness (QED) is 0.722. The molecule has 0 aliphatic carbocycles. The number of anilines is 2. The van der Waals surface area contributed by atoms with Crippen molar-refractivity contribution >= 4 is 33.3 Å². The number of nitrogens with zero attached hydrogens (tertiary/aromatic N) is 1. The topological polar surface area (TPSA) is 83.8 Å². The van der Waals surface area contributed by atoms with Crippen LogP contribution in [0.1, 0.15) is 36.8 Å². The number of rotatable bonds is 2. The summed E-state index contributed by atoms with van der Waals surface area (Å²) in [5.74, 6) is -0.589. The largest absolute Gasteiger partial charge is 0.396 e. The van der Waals surface area contributed by atoms with Gasteiger partial charge in [-0.1, -0.05) is 20.8 Å². The number of nitrogens with one attached hydrogen (secondary N) is 2. The summed E-state index contributed by atoms with van der Waals surface area (Å²) in [7, 11) is 0. The highest BCUT2D eigenvalue weighted by molar-refractivity contribution is 9.10. The molecular weight excluding hydrogens is 339 g/mol. The fraction of sp³-hybridized carbons (Fsp3) is 0.286. The van der Waals surface area contributed by atoms with E-state index in [0.717, 1.165) is 11.8 Å². The molecule has 5 nitrogen and oxygen atoms in total. The van der Waals surface area contributed by atoms with Crippen LogP contribution < -0.4 is 11.1 Å². The van der Waals surface area contributed by atoms with Crippen LogP contribution in [0.25, 0.3) is 0 Å². The Morgan fingerprint density at radius 1 is 1.38 bits per heavy atom. The van der Waals surface area contributed by atoms with Crippen LogP contribution in [-0.2, 0) is 5.41 Å². The Kier molecular flexibility index (Phi) is 4.04. The maximum Gasteiger partial charge on any atom is 0.258 e. The molecule has 2 aromatic rings. The van der Waals surface area contributed by atoms with Crippen LogP contribution in [0.4, 0.5) is 15.9 Å². The van der Waals surface area contributed by atoms with Crippen molar-refractivity contribution in [2.75, 3.05) is 11.1 Å². The van der Waals surface area contributed by atoms with Gasteiger partial charge < -0.3 is 11.1 Å². The molecule has 21 heavy (non-hydrogen) atoms. The first-order valence-electron chi connectivity index (χ1n) is 6.30. The minimum atomic E-state index is -0.576. The van der Waals surface area contributed by atoms with E-state index in [2.05, 4.69) is 31.4 Å². The van der Waals surface area contributed by atoms with Crippen molar-refractivity contribution in [2.45, 2.75) is 26.2 Å². The van der Waals surface area contributed by atoms with Gasteiger partial charge in [-0.05, 0) is 28.1 Å². The van der Waals surface area contributed by atoms with Crippen LogP contribution in [0.2, 0.25) is 0 Å². The second-order valence-corrected chi connectivity index (χ2v) is 6.58. The second kappa shape index (κ2) is 5.48. The maximum atomic E-state index is 13.3. The van der Waals surface area contributed by atoms with E-state index in [4.69, 9.17) is 5.73 Å². The molecule has 1 amide bonds. The molecule has 0 bridgehead atoms. The van der Waals surface area contributed by atoms with Crippen molar-refractivity contribution in [3.8, 4) is 0 Å². The van der Waals surface area contributed by atoms with Gasteiger partial charge in [0.05, 0.1) is 11.3 Å². The molecule has 7 heteroatoms. The lowest BCUT2D eigenvalue weighted by Gasteiger charge is -2.14. The van der Waals surface area contributed by atoms with Gasteiger partial charge in [0, 0.05) is 21.6 Å². The van der Waals surface area contributed by atoms with Crippen LogP contribution in [-0.4, -0.2) is 16.1 Å². The number of hydrogen-bond donors (Lipinski definition) is 3. The number of amides is 1. The molecule has 1 heterocycles. The number of aromatic nitrogens is 2. The van der Waals surface area contributed by atoms with E-state index < -0.39 is 11.7 Å². The van der Waals surface area contributed by atoms with Gasteiger partial charge in [0.25, 0.3) is 5.91 Å². The number of hydrogen-bond acceptors (Lipinski definition) is 3. The Hall–Kier alpha value is -1.89. The summed E-state index contributed by atoms with van der Waals surface area (Å²) in [5.41, 5.74) is 6.44. The third kappa shape index (κ3) is 3.41. The van der Waals surface area contributed by atoms with Gasteiger partial charge >= 0.3 is 0 Å². The summed E-state index contributed by atoms with van der Waals surface area (Å²) >= 11 is 3.15. The van der Waals surface area contributed by atoms with E-state index in [1.165, 1.54) is 6.07 Å². The predicted octanol–water partition coefficient (Wildman–Crippen LogP) is 3.44. The number of carbonyl (C=O) groups is 1.